The summed E-state index contributed by atoms with van der Waals surface area (Å²) in [7, 11) is 0. The highest BCUT2D eigenvalue weighted by Gasteiger charge is 2.20. The molecule has 0 radical (unpaired) electrons. The second-order valence-corrected chi connectivity index (χ2v) is 5.23. The molecule has 2 nitrogen and oxygen atoms in total. The first-order chi connectivity index (χ1) is 7.31. The average Bonchev–Trinajstić information content (AvgIpc) is 2.68. The lowest BCUT2D eigenvalue weighted by Gasteiger charge is -2.32. The maximum absolute atomic E-state index is 3.97. The van der Waals surface area contributed by atoms with Gasteiger partial charge in [0.2, 0.25) is 0 Å². The highest BCUT2D eigenvalue weighted by Crippen LogP contribution is 2.28. The van der Waals surface area contributed by atoms with Crippen molar-refractivity contribution in [3.63, 3.8) is 0 Å². The average molecular weight is 295 g/mol. The van der Waals surface area contributed by atoms with Gasteiger partial charge in [-0.3, -0.25) is 4.90 Å². The fourth-order valence-corrected chi connectivity index (χ4v) is 3.03. The molecule has 5 heteroatoms. The Kier molecular flexibility index (Phi) is 8.09. The molecule has 0 spiro atoms. The minimum Gasteiger partial charge on any atom is -0.314 e. The van der Waals surface area contributed by atoms with Crippen molar-refractivity contribution in [2.75, 3.05) is 26.2 Å². The van der Waals surface area contributed by atoms with Gasteiger partial charge >= 0.3 is 0 Å². The van der Waals surface area contributed by atoms with E-state index < -0.39 is 0 Å². The van der Waals surface area contributed by atoms with Crippen LogP contribution in [-0.2, 0) is 0 Å². The first-order valence-electron chi connectivity index (χ1n) is 5.45. The summed E-state index contributed by atoms with van der Waals surface area (Å²) in [4.78, 5) is 5.30. The molecule has 0 amide bonds. The fraction of sp³-hybridized carbons (Fsp3) is 0.500. The second-order valence-electron chi connectivity index (χ2n) is 3.91. The van der Waals surface area contributed by atoms with Crippen LogP contribution < -0.4 is 5.32 Å². The Labute approximate surface area is 120 Å². The first-order valence-corrected chi connectivity index (χ1v) is 6.26. The van der Waals surface area contributed by atoms with Gasteiger partial charge in [-0.1, -0.05) is 6.08 Å². The quantitative estimate of drug-likeness (QED) is 0.862. The second kappa shape index (κ2) is 8.11. The number of rotatable bonds is 3. The van der Waals surface area contributed by atoms with Gasteiger partial charge in [0.15, 0.2) is 0 Å². The summed E-state index contributed by atoms with van der Waals surface area (Å²) in [6.45, 7) is 10.5. The molecule has 0 saturated carbocycles. The Balaban J connectivity index is 0.00000128. The molecule has 2 rings (SSSR count). The van der Waals surface area contributed by atoms with Crippen molar-refractivity contribution in [1.29, 1.82) is 0 Å². The van der Waals surface area contributed by atoms with Crippen molar-refractivity contribution < 1.29 is 0 Å². The normalized spacial score (nSPS) is 17.7. The molecule has 0 bridgehead atoms. The van der Waals surface area contributed by atoms with Crippen molar-refractivity contribution in [3.05, 3.63) is 34.5 Å². The van der Waals surface area contributed by atoms with Crippen LogP contribution >= 0.6 is 36.2 Å². The van der Waals surface area contributed by atoms with Crippen molar-refractivity contribution in [1.82, 2.24) is 10.2 Å². The Morgan fingerprint density at radius 3 is 2.47 bits per heavy atom. The van der Waals surface area contributed by atoms with Gasteiger partial charge in [-0.25, -0.2) is 0 Å². The van der Waals surface area contributed by atoms with Crippen LogP contribution in [0.3, 0.4) is 0 Å². The molecule has 1 aromatic heterocycles. The summed E-state index contributed by atoms with van der Waals surface area (Å²) >= 11 is 1.88. The number of piperazine rings is 1. The Morgan fingerprint density at radius 1 is 1.35 bits per heavy atom. The van der Waals surface area contributed by atoms with E-state index in [-0.39, 0.29) is 24.8 Å². The van der Waals surface area contributed by atoms with Crippen LogP contribution in [0.15, 0.2) is 24.8 Å². The van der Waals surface area contributed by atoms with Gasteiger partial charge in [-0.05, 0) is 19.1 Å². The van der Waals surface area contributed by atoms with Crippen molar-refractivity contribution in [2.45, 2.75) is 13.0 Å². The predicted octanol–water partition coefficient (Wildman–Crippen LogP) is 3.03. The Hall–Kier alpha value is -0.0600. The summed E-state index contributed by atoms with van der Waals surface area (Å²) in [6.07, 6.45) is 2.07. The van der Waals surface area contributed by atoms with E-state index in [4.69, 9.17) is 0 Å². The topological polar surface area (TPSA) is 15.3 Å². The molecule has 1 saturated heterocycles. The lowest BCUT2D eigenvalue weighted by atomic mass is 10.2. The number of halogens is 2. The molecule has 1 N–H and O–H groups in total. The smallest absolute Gasteiger partial charge is 0.0624 e. The number of nitrogens with one attached hydrogen (secondary N) is 1. The molecule has 17 heavy (non-hydrogen) atoms. The zero-order chi connectivity index (χ0) is 10.7. The maximum atomic E-state index is 3.97. The maximum Gasteiger partial charge on any atom is 0.0624 e. The van der Waals surface area contributed by atoms with Crippen LogP contribution in [0.1, 0.15) is 15.8 Å². The summed E-state index contributed by atoms with van der Waals surface area (Å²) in [6, 6.07) is 4.83. The van der Waals surface area contributed by atoms with E-state index in [0.717, 1.165) is 26.2 Å². The zero-order valence-corrected chi connectivity index (χ0v) is 12.5. The molecule has 1 aliphatic rings. The number of hydrogen-bond acceptors (Lipinski definition) is 3. The van der Waals surface area contributed by atoms with Crippen LogP contribution in [0.4, 0.5) is 0 Å². The largest absolute Gasteiger partial charge is 0.314 e. The number of aryl methyl sites for hydroxylation is 1. The molecule has 0 aliphatic carbocycles. The van der Waals surface area contributed by atoms with Crippen molar-refractivity contribution in [2.24, 2.45) is 0 Å². The number of nitrogens with zero attached hydrogens (tertiary/aromatic N) is 1. The van der Waals surface area contributed by atoms with Gasteiger partial charge in [0.25, 0.3) is 0 Å². The molecule has 1 fully saturated rings. The van der Waals surface area contributed by atoms with Crippen LogP contribution in [0.25, 0.3) is 0 Å². The van der Waals surface area contributed by atoms with E-state index >= 15 is 0 Å². The Bertz CT molecular complexity index is 335. The molecule has 1 aliphatic heterocycles. The fourth-order valence-electron chi connectivity index (χ4n) is 2.02. The van der Waals surface area contributed by atoms with Gasteiger partial charge in [0.1, 0.15) is 0 Å². The van der Waals surface area contributed by atoms with Gasteiger partial charge in [-0.2, -0.15) is 0 Å². The van der Waals surface area contributed by atoms with E-state index in [1.54, 1.807) is 0 Å². The third kappa shape index (κ3) is 4.27. The van der Waals surface area contributed by atoms with E-state index in [1.807, 2.05) is 11.3 Å². The lowest BCUT2D eigenvalue weighted by Crippen LogP contribution is -2.44. The minimum absolute atomic E-state index is 0. The molecule has 2 heterocycles. The summed E-state index contributed by atoms with van der Waals surface area (Å²) in [5.41, 5.74) is 0. The van der Waals surface area contributed by atoms with Crippen LogP contribution in [0, 0.1) is 6.92 Å². The van der Waals surface area contributed by atoms with E-state index in [9.17, 15) is 0 Å². The third-order valence-electron chi connectivity index (χ3n) is 2.82. The van der Waals surface area contributed by atoms with Crippen molar-refractivity contribution >= 4 is 36.2 Å². The number of thiophene rings is 1. The molecular formula is C12H20Cl2N2S. The van der Waals surface area contributed by atoms with Crippen LogP contribution in [0.5, 0.6) is 0 Å². The lowest BCUT2D eigenvalue weighted by molar-refractivity contribution is 0.206. The summed E-state index contributed by atoms with van der Waals surface area (Å²) in [5.74, 6) is 0. The summed E-state index contributed by atoms with van der Waals surface area (Å²) < 4.78 is 0. The molecule has 1 aromatic rings. The zero-order valence-electron chi connectivity index (χ0n) is 10.0. The summed E-state index contributed by atoms with van der Waals surface area (Å²) in [5, 5.41) is 3.38. The molecular weight excluding hydrogens is 275 g/mol. The van der Waals surface area contributed by atoms with E-state index in [0.29, 0.717) is 6.04 Å². The first kappa shape index (κ1) is 16.9. The molecule has 98 valence electrons. The Morgan fingerprint density at radius 2 is 2.00 bits per heavy atom. The SMILES string of the molecule is C=C[C@@H](c1ccc(C)s1)N1CCNCC1.Cl.Cl. The van der Waals surface area contributed by atoms with Crippen LogP contribution in [-0.4, -0.2) is 31.1 Å². The van der Waals surface area contributed by atoms with E-state index in [2.05, 4.69) is 41.9 Å². The van der Waals surface area contributed by atoms with Crippen molar-refractivity contribution in [3.8, 4) is 0 Å². The molecule has 0 unspecified atom stereocenters. The predicted molar refractivity (Wildman–Crippen MR) is 80.9 cm³/mol. The van der Waals surface area contributed by atoms with Gasteiger partial charge < -0.3 is 5.32 Å². The van der Waals surface area contributed by atoms with Gasteiger partial charge in [0.05, 0.1) is 6.04 Å². The third-order valence-corrected chi connectivity index (χ3v) is 3.89. The van der Waals surface area contributed by atoms with E-state index in [1.165, 1.54) is 9.75 Å². The molecule has 1 atom stereocenters. The van der Waals surface area contributed by atoms with Gasteiger partial charge in [0, 0.05) is 35.9 Å². The number of hydrogen-bond donors (Lipinski definition) is 1. The highest BCUT2D eigenvalue weighted by atomic mass is 35.5. The van der Waals surface area contributed by atoms with Gasteiger partial charge in [-0.15, -0.1) is 42.7 Å². The standard InChI is InChI=1S/C12H18N2S.2ClH/c1-3-11(12-5-4-10(2)15-12)14-8-6-13-7-9-14;;/h3-5,11,13H,1,6-9H2,2H3;2*1H/t11-;;/m0../s1. The molecule has 0 aromatic carbocycles. The highest BCUT2D eigenvalue weighted by molar-refractivity contribution is 7.12. The monoisotopic (exact) mass is 294 g/mol. The minimum atomic E-state index is 0. The van der Waals surface area contributed by atoms with Crippen LogP contribution in [0.2, 0.25) is 0 Å².